The summed E-state index contributed by atoms with van der Waals surface area (Å²) in [5.74, 6) is 0.755. The zero-order valence-electron chi connectivity index (χ0n) is 13.8. The molecule has 4 rings (SSSR count). The van der Waals surface area contributed by atoms with Crippen molar-refractivity contribution >= 4 is 28.5 Å². The predicted octanol–water partition coefficient (Wildman–Crippen LogP) is 3.86. The van der Waals surface area contributed by atoms with Crippen molar-refractivity contribution in [1.29, 1.82) is 0 Å². The molecule has 0 saturated carbocycles. The zero-order chi connectivity index (χ0) is 17.4. The molecule has 25 heavy (non-hydrogen) atoms. The van der Waals surface area contributed by atoms with Crippen LogP contribution in [0.3, 0.4) is 0 Å². The van der Waals surface area contributed by atoms with Crippen LogP contribution in [-0.4, -0.2) is 40.0 Å². The number of aromatic nitrogens is 3. The smallest absolute Gasteiger partial charge is 0.154 e. The van der Waals surface area contributed by atoms with Crippen LogP contribution in [-0.2, 0) is 0 Å². The zero-order valence-corrected chi connectivity index (χ0v) is 14.6. The van der Waals surface area contributed by atoms with Crippen LogP contribution >= 0.6 is 11.6 Å². The molecule has 0 spiro atoms. The maximum absolute atomic E-state index is 13.9. The van der Waals surface area contributed by atoms with Gasteiger partial charge in [0.2, 0.25) is 0 Å². The fourth-order valence-electron chi connectivity index (χ4n) is 3.69. The summed E-state index contributed by atoms with van der Waals surface area (Å²) < 4.78 is 13.9. The fraction of sp³-hybridized carbons (Fsp3) is 0.333. The number of nitrogens with zero attached hydrogens (tertiary/aromatic N) is 3. The predicted molar refractivity (Wildman–Crippen MR) is 97.3 cm³/mol. The van der Waals surface area contributed by atoms with Gasteiger partial charge in [-0.05, 0) is 49.7 Å². The van der Waals surface area contributed by atoms with Crippen molar-refractivity contribution in [1.82, 2.24) is 19.9 Å². The molecule has 130 valence electrons. The third-order valence-corrected chi connectivity index (χ3v) is 5.24. The monoisotopic (exact) mass is 359 g/mol. The van der Waals surface area contributed by atoms with E-state index in [4.69, 9.17) is 11.6 Å². The van der Waals surface area contributed by atoms with Gasteiger partial charge in [-0.15, -0.1) is 0 Å². The molecule has 1 fully saturated rings. The van der Waals surface area contributed by atoms with E-state index in [0.29, 0.717) is 5.92 Å². The van der Waals surface area contributed by atoms with Crippen LogP contribution in [0.4, 0.5) is 10.2 Å². The Kier molecular flexibility index (Phi) is 4.31. The third-order valence-electron chi connectivity index (χ3n) is 4.93. The number of hydrogen-bond donors (Lipinski definition) is 2. The molecule has 2 aromatic heterocycles. The second-order valence-electron chi connectivity index (χ2n) is 6.49. The Morgan fingerprint density at radius 1 is 1.36 bits per heavy atom. The molecule has 1 aromatic carbocycles. The summed E-state index contributed by atoms with van der Waals surface area (Å²) in [6, 6.07) is 7.15. The van der Waals surface area contributed by atoms with Crippen molar-refractivity contribution in [2.24, 2.45) is 5.92 Å². The molecular weight excluding hydrogens is 341 g/mol. The van der Waals surface area contributed by atoms with Gasteiger partial charge in [-0.3, -0.25) is 4.90 Å². The van der Waals surface area contributed by atoms with Gasteiger partial charge in [0.15, 0.2) is 5.82 Å². The lowest BCUT2D eigenvalue weighted by Gasteiger charge is -2.26. The summed E-state index contributed by atoms with van der Waals surface area (Å²) in [4.78, 5) is 14.1. The fourth-order valence-corrected chi connectivity index (χ4v) is 3.81. The number of pyridine rings is 1. The van der Waals surface area contributed by atoms with Gasteiger partial charge in [-0.25, -0.2) is 14.4 Å². The van der Waals surface area contributed by atoms with Gasteiger partial charge < -0.3 is 10.3 Å². The van der Waals surface area contributed by atoms with Crippen LogP contribution < -0.4 is 5.32 Å². The first-order chi connectivity index (χ1) is 12.1. The van der Waals surface area contributed by atoms with Crippen molar-refractivity contribution in [2.45, 2.75) is 12.5 Å². The number of benzene rings is 1. The van der Waals surface area contributed by atoms with Crippen LogP contribution in [0.25, 0.3) is 11.0 Å². The lowest BCUT2D eigenvalue weighted by atomic mass is 9.93. The molecule has 2 unspecified atom stereocenters. The molecule has 5 nitrogen and oxygen atoms in total. The third kappa shape index (κ3) is 3.07. The lowest BCUT2D eigenvalue weighted by molar-refractivity contribution is 0.281. The number of likely N-dealkylation sites (tertiary alicyclic amines) is 1. The molecule has 0 amide bonds. The highest BCUT2D eigenvalue weighted by atomic mass is 35.5. The summed E-state index contributed by atoms with van der Waals surface area (Å²) >= 11 is 5.83. The molecule has 0 bridgehead atoms. The van der Waals surface area contributed by atoms with Crippen LogP contribution in [0.5, 0.6) is 0 Å². The van der Waals surface area contributed by atoms with E-state index in [1.165, 1.54) is 0 Å². The number of H-pyrrole nitrogens is 1. The summed E-state index contributed by atoms with van der Waals surface area (Å²) in [6.07, 6.45) is 4.46. The molecular formula is C18H19ClFN5. The topological polar surface area (TPSA) is 56.8 Å². The quantitative estimate of drug-likeness (QED) is 0.742. The number of fused-ring (bicyclic) bond motifs is 1. The number of nitrogens with one attached hydrogen (secondary N) is 2. The summed E-state index contributed by atoms with van der Waals surface area (Å²) in [6.45, 7) is 1.72. The molecule has 1 aliphatic rings. The van der Waals surface area contributed by atoms with Gasteiger partial charge >= 0.3 is 0 Å². The first-order valence-electron chi connectivity index (χ1n) is 8.30. The van der Waals surface area contributed by atoms with Gasteiger partial charge in [-0.2, -0.15) is 0 Å². The average Bonchev–Trinajstić information content (AvgIpc) is 3.22. The molecule has 7 heteroatoms. The van der Waals surface area contributed by atoms with Crippen LogP contribution in [0, 0.1) is 11.7 Å². The normalized spacial score (nSPS) is 21.1. The first kappa shape index (κ1) is 16.3. The Hall–Kier alpha value is -2.18. The number of rotatable bonds is 4. The van der Waals surface area contributed by atoms with Crippen molar-refractivity contribution in [2.75, 3.05) is 25.5 Å². The lowest BCUT2D eigenvalue weighted by Crippen LogP contribution is -2.25. The van der Waals surface area contributed by atoms with E-state index in [2.05, 4.69) is 32.2 Å². The highest BCUT2D eigenvalue weighted by Gasteiger charge is 2.33. The molecule has 1 aliphatic heterocycles. The number of hydrogen-bond acceptors (Lipinski definition) is 4. The van der Waals surface area contributed by atoms with Crippen molar-refractivity contribution in [3.8, 4) is 0 Å². The van der Waals surface area contributed by atoms with Crippen LogP contribution in [0.1, 0.15) is 18.0 Å². The maximum atomic E-state index is 13.9. The van der Waals surface area contributed by atoms with Crippen molar-refractivity contribution < 1.29 is 4.39 Å². The van der Waals surface area contributed by atoms with Crippen LogP contribution in [0.2, 0.25) is 5.02 Å². The maximum Gasteiger partial charge on any atom is 0.154 e. The molecule has 1 saturated heterocycles. The Labute approximate surface area is 150 Å². The van der Waals surface area contributed by atoms with E-state index in [9.17, 15) is 4.39 Å². The van der Waals surface area contributed by atoms with Crippen molar-refractivity contribution in [3.05, 3.63) is 53.2 Å². The molecule has 0 aliphatic carbocycles. The van der Waals surface area contributed by atoms with E-state index in [-0.39, 0.29) is 16.9 Å². The minimum absolute atomic E-state index is 0.151. The number of anilines is 1. The molecule has 2 N–H and O–H groups in total. The molecule has 3 heterocycles. The summed E-state index contributed by atoms with van der Waals surface area (Å²) in [7, 11) is 2.07. The summed E-state index contributed by atoms with van der Waals surface area (Å²) in [5.41, 5.74) is 2.75. The minimum Gasteiger partial charge on any atom is -0.368 e. The second kappa shape index (κ2) is 6.61. The van der Waals surface area contributed by atoms with Gasteiger partial charge in [-0.1, -0.05) is 17.7 Å². The van der Waals surface area contributed by atoms with Crippen molar-refractivity contribution in [3.63, 3.8) is 0 Å². The van der Waals surface area contributed by atoms with E-state index < -0.39 is 0 Å². The molecule has 2 atom stereocenters. The first-order valence-corrected chi connectivity index (χ1v) is 8.68. The number of imidazole rings is 1. The number of aromatic amines is 1. The van der Waals surface area contributed by atoms with Gasteiger partial charge in [0.25, 0.3) is 0 Å². The van der Waals surface area contributed by atoms with Gasteiger partial charge in [0.1, 0.15) is 11.3 Å². The van der Waals surface area contributed by atoms with E-state index >= 15 is 0 Å². The largest absolute Gasteiger partial charge is 0.368 e. The second-order valence-corrected chi connectivity index (χ2v) is 6.89. The molecule has 3 aromatic rings. The standard InChI is InChI=1S/C18H19ClFN5/c1-25-7-5-12(17(25)11-2-3-13(19)14(20)8-11)9-22-18-16-15(4-6-21-18)23-10-24-16/h2-4,6,8,10,12,17H,5,7,9H2,1H3,(H,21,22)(H,23,24). The van der Waals surface area contributed by atoms with Gasteiger partial charge in [0, 0.05) is 18.8 Å². The number of halogens is 2. The van der Waals surface area contributed by atoms with E-state index in [1.54, 1.807) is 24.7 Å². The highest BCUT2D eigenvalue weighted by Crippen LogP contribution is 2.37. The van der Waals surface area contributed by atoms with E-state index in [0.717, 1.165) is 41.9 Å². The van der Waals surface area contributed by atoms with Crippen LogP contribution in [0.15, 0.2) is 36.8 Å². The highest BCUT2D eigenvalue weighted by molar-refractivity contribution is 6.30. The van der Waals surface area contributed by atoms with E-state index in [1.807, 2.05) is 12.1 Å². The molecule has 0 radical (unpaired) electrons. The minimum atomic E-state index is -0.367. The SMILES string of the molecule is CN1CCC(CNc2nccc3[nH]cnc23)C1c1ccc(Cl)c(F)c1. The average molecular weight is 360 g/mol. The van der Waals surface area contributed by atoms with Gasteiger partial charge in [0.05, 0.1) is 16.9 Å². The Morgan fingerprint density at radius 2 is 2.24 bits per heavy atom. The Morgan fingerprint density at radius 3 is 3.08 bits per heavy atom. The Balaban J connectivity index is 1.54. The summed E-state index contributed by atoms with van der Waals surface area (Å²) in [5, 5.41) is 3.58. The Bertz CT molecular complexity index is 896.